The predicted octanol–water partition coefficient (Wildman–Crippen LogP) is 5.97. The van der Waals surface area contributed by atoms with E-state index in [-0.39, 0.29) is 18.3 Å². The molecule has 11 heteroatoms. The van der Waals surface area contributed by atoms with Crippen LogP contribution < -0.4 is 10.1 Å². The second-order valence-corrected chi connectivity index (χ2v) is 10.2. The van der Waals surface area contributed by atoms with Gasteiger partial charge in [0.15, 0.2) is 16.1 Å². The van der Waals surface area contributed by atoms with Gasteiger partial charge >= 0.3 is 0 Å². The van der Waals surface area contributed by atoms with Crippen molar-refractivity contribution in [3.8, 4) is 17.0 Å². The van der Waals surface area contributed by atoms with Gasteiger partial charge in [-0.25, -0.2) is 4.98 Å². The van der Waals surface area contributed by atoms with Gasteiger partial charge in [0.05, 0.1) is 11.4 Å². The molecule has 0 aliphatic heterocycles. The molecule has 0 unspecified atom stereocenters. The first-order valence-corrected chi connectivity index (χ1v) is 12.8. The molecule has 0 fully saturated rings. The number of thiazole rings is 1. The van der Waals surface area contributed by atoms with E-state index in [1.165, 1.54) is 23.1 Å². The number of rotatable bonds is 8. The molecule has 0 aliphatic rings. The molecule has 4 rings (SSSR count). The standard InChI is InChI=1S/C22H19BrClN5O2S2/c1-13-9-16(24)7-8-18(13)31-10-19-27-28-22(29(19)2)33-12-20(30)26-21-25-17(11-32-21)14-3-5-15(23)6-4-14/h3-9,11H,10,12H2,1-2H3,(H,25,26,30). The van der Waals surface area contributed by atoms with E-state index >= 15 is 0 Å². The lowest BCUT2D eigenvalue weighted by atomic mass is 10.2. The smallest absolute Gasteiger partial charge is 0.236 e. The molecule has 0 aliphatic carbocycles. The summed E-state index contributed by atoms with van der Waals surface area (Å²) in [6, 6.07) is 13.3. The molecule has 0 atom stereocenters. The Balaban J connectivity index is 1.30. The van der Waals surface area contributed by atoms with Gasteiger partial charge in [0.1, 0.15) is 12.4 Å². The monoisotopic (exact) mass is 563 g/mol. The first kappa shape index (κ1) is 23.7. The lowest BCUT2D eigenvalue weighted by molar-refractivity contribution is -0.113. The highest BCUT2D eigenvalue weighted by atomic mass is 79.9. The van der Waals surface area contributed by atoms with Crippen LogP contribution in [0.4, 0.5) is 5.13 Å². The molecular weight excluding hydrogens is 546 g/mol. The van der Waals surface area contributed by atoms with E-state index < -0.39 is 0 Å². The number of ether oxygens (including phenoxy) is 1. The first-order chi connectivity index (χ1) is 15.9. The van der Waals surface area contributed by atoms with Gasteiger partial charge in [0.2, 0.25) is 5.91 Å². The van der Waals surface area contributed by atoms with Gasteiger partial charge in [0, 0.05) is 27.5 Å². The number of hydrogen-bond acceptors (Lipinski definition) is 7. The van der Waals surface area contributed by atoms with E-state index in [1.807, 2.05) is 60.3 Å². The number of amides is 1. The van der Waals surface area contributed by atoms with E-state index in [0.717, 1.165) is 27.0 Å². The number of carbonyl (C=O) groups excluding carboxylic acids is 1. The van der Waals surface area contributed by atoms with Gasteiger partial charge in [0.25, 0.3) is 0 Å². The summed E-state index contributed by atoms with van der Waals surface area (Å²) in [5.74, 6) is 1.43. The highest BCUT2D eigenvalue weighted by molar-refractivity contribution is 9.10. The van der Waals surface area contributed by atoms with Crippen molar-refractivity contribution in [2.75, 3.05) is 11.1 Å². The Morgan fingerprint density at radius 2 is 2.03 bits per heavy atom. The van der Waals surface area contributed by atoms with Crippen molar-refractivity contribution in [2.24, 2.45) is 7.05 Å². The number of carbonyl (C=O) groups is 1. The number of nitrogens with one attached hydrogen (secondary N) is 1. The summed E-state index contributed by atoms with van der Waals surface area (Å²) < 4.78 is 8.66. The normalized spacial score (nSPS) is 10.9. The maximum atomic E-state index is 12.4. The maximum absolute atomic E-state index is 12.4. The number of aryl methyl sites for hydroxylation is 1. The van der Waals surface area contributed by atoms with Gasteiger partial charge in [-0.3, -0.25) is 4.79 Å². The van der Waals surface area contributed by atoms with Crippen molar-refractivity contribution in [2.45, 2.75) is 18.7 Å². The minimum atomic E-state index is -0.158. The Hall–Kier alpha value is -2.40. The lowest BCUT2D eigenvalue weighted by Crippen LogP contribution is -2.14. The zero-order chi connectivity index (χ0) is 23.4. The number of thioether (sulfide) groups is 1. The molecule has 0 spiro atoms. The average Bonchev–Trinajstić information content (AvgIpc) is 3.39. The summed E-state index contributed by atoms with van der Waals surface area (Å²) in [5, 5.41) is 15.0. The molecular formula is C22H19BrClN5O2S2. The molecule has 170 valence electrons. The second kappa shape index (κ2) is 10.7. The summed E-state index contributed by atoms with van der Waals surface area (Å²) in [6.07, 6.45) is 0. The zero-order valence-corrected chi connectivity index (χ0v) is 21.7. The summed E-state index contributed by atoms with van der Waals surface area (Å²) in [7, 11) is 1.85. The van der Waals surface area contributed by atoms with Crippen molar-refractivity contribution >= 4 is 61.7 Å². The van der Waals surface area contributed by atoms with E-state index in [2.05, 4.69) is 36.4 Å². The van der Waals surface area contributed by atoms with Gasteiger partial charge < -0.3 is 14.6 Å². The fourth-order valence-corrected chi connectivity index (χ4v) is 4.84. The molecule has 0 saturated carbocycles. The van der Waals surface area contributed by atoms with Crippen LogP contribution in [0.25, 0.3) is 11.3 Å². The molecule has 1 N–H and O–H groups in total. The summed E-state index contributed by atoms with van der Waals surface area (Å²) in [6.45, 7) is 2.19. The average molecular weight is 565 g/mol. The van der Waals surface area contributed by atoms with E-state index in [1.54, 1.807) is 6.07 Å². The fourth-order valence-electron chi connectivity index (χ4n) is 2.88. The van der Waals surface area contributed by atoms with Crippen LogP contribution in [0.5, 0.6) is 5.75 Å². The van der Waals surface area contributed by atoms with Gasteiger partial charge in [-0.1, -0.05) is 51.4 Å². The Morgan fingerprint density at radius 3 is 2.79 bits per heavy atom. The lowest BCUT2D eigenvalue weighted by Gasteiger charge is -2.09. The van der Waals surface area contributed by atoms with E-state index in [4.69, 9.17) is 16.3 Å². The van der Waals surface area contributed by atoms with Crippen LogP contribution in [0.3, 0.4) is 0 Å². The van der Waals surface area contributed by atoms with Crippen molar-refractivity contribution < 1.29 is 9.53 Å². The summed E-state index contributed by atoms with van der Waals surface area (Å²) in [4.78, 5) is 16.9. The van der Waals surface area contributed by atoms with Crippen LogP contribution in [-0.2, 0) is 18.4 Å². The minimum absolute atomic E-state index is 0.158. The molecule has 0 radical (unpaired) electrons. The van der Waals surface area contributed by atoms with Crippen LogP contribution in [0.1, 0.15) is 11.4 Å². The van der Waals surface area contributed by atoms with Crippen LogP contribution in [0.2, 0.25) is 5.02 Å². The van der Waals surface area contributed by atoms with E-state index in [0.29, 0.717) is 21.1 Å². The number of aromatic nitrogens is 4. The Kier molecular flexibility index (Phi) is 7.69. The maximum Gasteiger partial charge on any atom is 0.236 e. The number of nitrogens with zero attached hydrogens (tertiary/aromatic N) is 4. The van der Waals surface area contributed by atoms with Crippen LogP contribution >= 0.6 is 50.6 Å². The van der Waals surface area contributed by atoms with Crippen LogP contribution in [0.15, 0.2) is 57.5 Å². The van der Waals surface area contributed by atoms with Crippen molar-refractivity contribution in [1.29, 1.82) is 0 Å². The third kappa shape index (κ3) is 6.14. The topological polar surface area (TPSA) is 81.9 Å². The number of anilines is 1. The number of hydrogen-bond donors (Lipinski definition) is 1. The Morgan fingerprint density at radius 1 is 1.24 bits per heavy atom. The van der Waals surface area contributed by atoms with Crippen molar-refractivity contribution in [1.82, 2.24) is 19.7 Å². The second-order valence-electron chi connectivity index (χ2n) is 7.04. The SMILES string of the molecule is Cc1cc(Cl)ccc1OCc1nnc(SCC(=O)Nc2nc(-c3ccc(Br)cc3)cs2)n1C. The molecule has 4 aromatic rings. The molecule has 2 aromatic carbocycles. The zero-order valence-electron chi connectivity index (χ0n) is 17.7. The minimum Gasteiger partial charge on any atom is -0.485 e. The molecule has 1 amide bonds. The van der Waals surface area contributed by atoms with Gasteiger partial charge in [-0.2, -0.15) is 0 Å². The molecule has 2 heterocycles. The first-order valence-electron chi connectivity index (χ1n) is 9.80. The van der Waals surface area contributed by atoms with Crippen LogP contribution in [0, 0.1) is 6.92 Å². The highest BCUT2D eigenvalue weighted by Crippen LogP contribution is 2.27. The molecule has 0 bridgehead atoms. The quantitative estimate of drug-likeness (QED) is 0.266. The highest BCUT2D eigenvalue weighted by Gasteiger charge is 2.14. The number of benzene rings is 2. The van der Waals surface area contributed by atoms with Crippen molar-refractivity contribution in [3.63, 3.8) is 0 Å². The van der Waals surface area contributed by atoms with Gasteiger partial charge in [-0.15, -0.1) is 21.5 Å². The van der Waals surface area contributed by atoms with Crippen LogP contribution in [-0.4, -0.2) is 31.4 Å². The molecule has 33 heavy (non-hydrogen) atoms. The summed E-state index contributed by atoms with van der Waals surface area (Å²) in [5.41, 5.74) is 2.76. The Bertz CT molecular complexity index is 1280. The third-order valence-electron chi connectivity index (χ3n) is 4.64. The number of halogens is 2. The van der Waals surface area contributed by atoms with Crippen molar-refractivity contribution in [3.05, 3.63) is 68.7 Å². The molecule has 2 aromatic heterocycles. The van der Waals surface area contributed by atoms with Gasteiger partial charge in [-0.05, 0) is 42.8 Å². The van der Waals surface area contributed by atoms with E-state index in [9.17, 15) is 4.79 Å². The molecule has 0 saturated heterocycles. The fraction of sp³-hybridized carbons (Fsp3) is 0.182. The Labute approximate surface area is 212 Å². The molecule has 7 nitrogen and oxygen atoms in total. The largest absolute Gasteiger partial charge is 0.485 e. The predicted molar refractivity (Wildman–Crippen MR) is 136 cm³/mol. The summed E-state index contributed by atoms with van der Waals surface area (Å²) >= 11 is 12.1. The third-order valence-corrected chi connectivity index (χ3v) is 7.18.